The number of amides is 1. The maximum absolute atomic E-state index is 12.0. The Hall–Kier alpha value is -1.78. The summed E-state index contributed by atoms with van der Waals surface area (Å²) in [6.45, 7) is 1.81. The summed E-state index contributed by atoms with van der Waals surface area (Å²) in [7, 11) is 1.69. The summed E-state index contributed by atoms with van der Waals surface area (Å²) in [4.78, 5) is 24.3. The van der Waals surface area contributed by atoms with Gasteiger partial charge in [-0.2, -0.15) is 0 Å². The second-order valence-electron chi connectivity index (χ2n) is 4.51. The molecule has 92 valence electrons. The van der Waals surface area contributed by atoms with Gasteiger partial charge in [-0.3, -0.25) is 9.59 Å². The van der Waals surface area contributed by atoms with E-state index in [4.69, 9.17) is 9.52 Å². The van der Waals surface area contributed by atoms with Crippen LogP contribution >= 0.6 is 0 Å². The van der Waals surface area contributed by atoms with E-state index in [1.165, 1.54) is 6.26 Å². The number of rotatable bonds is 3. The Morgan fingerprint density at radius 1 is 1.47 bits per heavy atom. The molecule has 0 aromatic carbocycles. The molecule has 1 aromatic heterocycles. The average molecular weight is 237 g/mol. The predicted molar refractivity (Wildman–Crippen MR) is 59.7 cm³/mol. The molecule has 1 amide bonds. The van der Waals surface area contributed by atoms with Gasteiger partial charge in [-0.15, -0.1) is 0 Å². The lowest BCUT2D eigenvalue weighted by molar-refractivity contribution is -0.146. The molecule has 0 spiro atoms. The second-order valence-corrected chi connectivity index (χ2v) is 4.51. The lowest BCUT2D eigenvalue weighted by Crippen LogP contribution is -2.47. The van der Waals surface area contributed by atoms with Crippen LogP contribution in [0.1, 0.15) is 29.0 Å². The van der Waals surface area contributed by atoms with Crippen LogP contribution in [0, 0.1) is 12.8 Å². The van der Waals surface area contributed by atoms with Crippen LogP contribution in [0.25, 0.3) is 0 Å². The van der Waals surface area contributed by atoms with Gasteiger partial charge in [0.2, 0.25) is 0 Å². The SMILES string of the molecule is Cc1ccoc1C(=O)N(C)C1CC(C(=O)O)C1. The summed E-state index contributed by atoms with van der Waals surface area (Å²) in [6, 6.07) is 1.75. The van der Waals surface area contributed by atoms with Crippen LogP contribution in [0.5, 0.6) is 0 Å². The summed E-state index contributed by atoms with van der Waals surface area (Å²) >= 11 is 0. The second kappa shape index (κ2) is 4.24. The first-order valence-corrected chi connectivity index (χ1v) is 5.54. The molecule has 1 aliphatic carbocycles. The third-order valence-corrected chi connectivity index (χ3v) is 3.39. The lowest BCUT2D eigenvalue weighted by atomic mass is 9.79. The first kappa shape index (κ1) is 11.7. The van der Waals surface area contributed by atoms with Crippen molar-refractivity contribution in [2.24, 2.45) is 5.92 Å². The fourth-order valence-corrected chi connectivity index (χ4v) is 2.02. The zero-order valence-electron chi connectivity index (χ0n) is 9.84. The molecular formula is C12H15NO4. The standard InChI is InChI=1S/C12H15NO4/c1-7-3-4-17-10(7)11(14)13(2)9-5-8(6-9)12(15)16/h3-4,8-9H,5-6H2,1-2H3,(H,15,16). The number of carboxylic acids is 1. The minimum Gasteiger partial charge on any atom is -0.481 e. The van der Waals surface area contributed by atoms with Crippen LogP contribution in [0.3, 0.4) is 0 Å². The molecular weight excluding hydrogens is 222 g/mol. The van der Waals surface area contributed by atoms with E-state index < -0.39 is 5.97 Å². The zero-order chi connectivity index (χ0) is 12.6. The fraction of sp³-hybridized carbons (Fsp3) is 0.500. The highest BCUT2D eigenvalue weighted by atomic mass is 16.4. The van der Waals surface area contributed by atoms with E-state index in [0.29, 0.717) is 18.6 Å². The first-order valence-electron chi connectivity index (χ1n) is 5.54. The van der Waals surface area contributed by atoms with Gasteiger partial charge in [0.25, 0.3) is 5.91 Å². The van der Waals surface area contributed by atoms with Crippen molar-refractivity contribution in [3.8, 4) is 0 Å². The highest BCUT2D eigenvalue weighted by Gasteiger charge is 2.39. The molecule has 1 N–H and O–H groups in total. The van der Waals surface area contributed by atoms with Crippen LogP contribution in [0.2, 0.25) is 0 Å². The molecule has 1 aliphatic rings. The maximum atomic E-state index is 12.0. The van der Waals surface area contributed by atoms with Crippen molar-refractivity contribution < 1.29 is 19.1 Å². The number of hydrogen-bond donors (Lipinski definition) is 1. The number of carbonyl (C=O) groups is 2. The van der Waals surface area contributed by atoms with Crippen LogP contribution in [-0.4, -0.2) is 35.0 Å². The number of hydrogen-bond acceptors (Lipinski definition) is 3. The Morgan fingerprint density at radius 2 is 2.12 bits per heavy atom. The lowest BCUT2D eigenvalue weighted by Gasteiger charge is -2.38. The van der Waals surface area contributed by atoms with Crippen molar-refractivity contribution in [1.82, 2.24) is 4.90 Å². The molecule has 0 bridgehead atoms. The van der Waals surface area contributed by atoms with Crippen LogP contribution in [0.15, 0.2) is 16.7 Å². The van der Waals surface area contributed by atoms with Gasteiger partial charge in [0.05, 0.1) is 12.2 Å². The molecule has 1 saturated carbocycles. The summed E-state index contributed by atoms with van der Waals surface area (Å²) < 4.78 is 5.13. The number of furan rings is 1. The molecule has 0 saturated heterocycles. The Kier molecular flexibility index (Phi) is 2.92. The smallest absolute Gasteiger partial charge is 0.306 e. The molecule has 0 unspecified atom stereocenters. The average Bonchev–Trinajstić information content (AvgIpc) is 2.60. The molecule has 0 aliphatic heterocycles. The molecule has 1 fully saturated rings. The van der Waals surface area contributed by atoms with E-state index in [-0.39, 0.29) is 17.9 Å². The topological polar surface area (TPSA) is 70.8 Å². The molecule has 5 nitrogen and oxygen atoms in total. The number of nitrogens with zero attached hydrogens (tertiary/aromatic N) is 1. The van der Waals surface area contributed by atoms with Crippen LogP contribution in [0.4, 0.5) is 0 Å². The number of carboxylic acid groups (broad SMARTS) is 1. The van der Waals surface area contributed by atoms with Crippen molar-refractivity contribution in [3.63, 3.8) is 0 Å². The van der Waals surface area contributed by atoms with E-state index in [1.54, 1.807) is 18.0 Å². The summed E-state index contributed by atoms with van der Waals surface area (Å²) in [5, 5.41) is 8.78. The molecule has 0 radical (unpaired) electrons. The minimum atomic E-state index is -0.781. The highest BCUT2D eigenvalue weighted by Crippen LogP contribution is 2.32. The van der Waals surface area contributed by atoms with E-state index in [9.17, 15) is 9.59 Å². The molecule has 1 heterocycles. The molecule has 0 atom stereocenters. The molecule has 5 heteroatoms. The summed E-state index contributed by atoms with van der Waals surface area (Å²) in [6.07, 6.45) is 2.53. The van der Waals surface area contributed by atoms with E-state index in [1.807, 2.05) is 6.92 Å². The molecule has 17 heavy (non-hydrogen) atoms. The van der Waals surface area contributed by atoms with Gasteiger partial charge < -0.3 is 14.4 Å². The summed E-state index contributed by atoms with van der Waals surface area (Å²) in [5.41, 5.74) is 0.802. The van der Waals surface area contributed by atoms with Crippen molar-refractivity contribution in [3.05, 3.63) is 23.7 Å². The Balaban J connectivity index is 1.98. The van der Waals surface area contributed by atoms with Crippen molar-refractivity contribution in [2.45, 2.75) is 25.8 Å². The van der Waals surface area contributed by atoms with Crippen molar-refractivity contribution in [2.75, 3.05) is 7.05 Å². The first-order chi connectivity index (χ1) is 8.00. The van der Waals surface area contributed by atoms with Crippen molar-refractivity contribution >= 4 is 11.9 Å². The van der Waals surface area contributed by atoms with E-state index in [0.717, 1.165) is 5.56 Å². The monoisotopic (exact) mass is 237 g/mol. The molecule has 2 rings (SSSR count). The van der Waals surface area contributed by atoms with Gasteiger partial charge >= 0.3 is 5.97 Å². The Bertz CT molecular complexity index is 445. The Morgan fingerprint density at radius 3 is 2.59 bits per heavy atom. The largest absolute Gasteiger partial charge is 0.481 e. The highest BCUT2D eigenvalue weighted by molar-refractivity contribution is 5.93. The van der Waals surface area contributed by atoms with Gasteiger partial charge in [-0.25, -0.2) is 0 Å². The number of aryl methyl sites for hydroxylation is 1. The van der Waals surface area contributed by atoms with Gasteiger partial charge in [0, 0.05) is 18.7 Å². The van der Waals surface area contributed by atoms with E-state index >= 15 is 0 Å². The van der Waals surface area contributed by atoms with Crippen LogP contribution < -0.4 is 0 Å². The minimum absolute atomic E-state index is 0.00750. The molecule has 1 aromatic rings. The maximum Gasteiger partial charge on any atom is 0.306 e. The van der Waals surface area contributed by atoms with Gasteiger partial charge in [-0.05, 0) is 25.8 Å². The normalized spacial score (nSPS) is 22.9. The van der Waals surface area contributed by atoms with Gasteiger partial charge in [0.15, 0.2) is 5.76 Å². The quantitative estimate of drug-likeness (QED) is 0.865. The Labute approximate surface area is 99.0 Å². The number of carbonyl (C=O) groups excluding carboxylic acids is 1. The van der Waals surface area contributed by atoms with Crippen molar-refractivity contribution in [1.29, 1.82) is 0 Å². The van der Waals surface area contributed by atoms with Gasteiger partial charge in [-0.1, -0.05) is 0 Å². The number of aliphatic carboxylic acids is 1. The zero-order valence-corrected chi connectivity index (χ0v) is 9.84. The fourth-order valence-electron chi connectivity index (χ4n) is 2.02. The predicted octanol–water partition coefficient (Wildman–Crippen LogP) is 1.52. The summed E-state index contributed by atoms with van der Waals surface area (Å²) in [5.74, 6) is -0.933. The van der Waals surface area contributed by atoms with Crippen LogP contribution in [-0.2, 0) is 4.79 Å². The van der Waals surface area contributed by atoms with Gasteiger partial charge in [0.1, 0.15) is 0 Å². The third kappa shape index (κ3) is 2.05. The van der Waals surface area contributed by atoms with E-state index in [2.05, 4.69) is 0 Å². The third-order valence-electron chi connectivity index (χ3n) is 3.39.